The quantitative estimate of drug-likeness (QED) is 0.401. The van der Waals surface area contributed by atoms with Crippen molar-refractivity contribution in [2.45, 2.75) is 39.0 Å². The molecular weight excluding hydrogens is 480 g/mol. The van der Waals surface area contributed by atoms with Crippen molar-refractivity contribution in [1.29, 1.82) is 0 Å². The summed E-state index contributed by atoms with van der Waals surface area (Å²) >= 11 is 14.7. The summed E-state index contributed by atoms with van der Waals surface area (Å²) in [5.74, 6) is 0.601. The van der Waals surface area contributed by atoms with Crippen LogP contribution >= 0.6 is 45.8 Å². The molecule has 6 nitrogen and oxygen atoms in total. The number of halogens is 3. The second-order valence-electron chi connectivity index (χ2n) is 7.18. The van der Waals surface area contributed by atoms with Crippen molar-refractivity contribution in [3.63, 3.8) is 0 Å². The predicted molar refractivity (Wildman–Crippen MR) is 104 cm³/mol. The van der Waals surface area contributed by atoms with E-state index >= 15 is 0 Å². The molecule has 1 amide bonds. The van der Waals surface area contributed by atoms with Crippen LogP contribution in [-0.4, -0.2) is 58.8 Å². The van der Waals surface area contributed by atoms with Crippen molar-refractivity contribution in [3.05, 3.63) is 19.4 Å². The molecule has 138 valence electrons. The average molecular weight is 500 g/mol. The SMILES string of the molecule is CC(C)(C)OC(=O)N1CCN2Cc3c(Cl)nc(I)c(Cl)c3OC[C@H]2C1. The van der Waals surface area contributed by atoms with Crippen LogP contribution in [0.25, 0.3) is 0 Å². The van der Waals surface area contributed by atoms with Gasteiger partial charge in [-0.25, -0.2) is 9.78 Å². The van der Waals surface area contributed by atoms with E-state index in [-0.39, 0.29) is 12.1 Å². The van der Waals surface area contributed by atoms with Crippen LogP contribution in [0.4, 0.5) is 4.79 Å². The maximum atomic E-state index is 12.3. The fourth-order valence-corrected chi connectivity index (χ4v) is 4.01. The number of piperazine rings is 1. The molecule has 1 saturated heterocycles. The molecule has 2 aliphatic rings. The highest BCUT2D eigenvalue weighted by Crippen LogP contribution is 2.39. The van der Waals surface area contributed by atoms with Crippen molar-refractivity contribution in [2.75, 3.05) is 26.2 Å². The summed E-state index contributed by atoms with van der Waals surface area (Å²) in [6.07, 6.45) is -0.291. The number of hydrogen-bond donors (Lipinski definition) is 0. The van der Waals surface area contributed by atoms with Gasteiger partial charge in [-0.15, -0.1) is 0 Å². The molecule has 3 rings (SSSR count). The van der Waals surface area contributed by atoms with Crippen LogP contribution < -0.4 is 4.74 Å². The van der Waals surface area contributed by atoms with E-state index in [1.54, 1.807) is 4.90 Å². The lowest BCUT2D eigenvalue weighted by molar-refractivity contribution is -0.00154. The molecule has 0 spiro atoms. The number of rotatable bonds is 0. The zero-order valence-electron chi connectivity index (χ0n) is 14.3. The molecule has 0 bridgehead atoms. The van der Waals surface area contributed by atoms with Gasteiger partial charge >= 0.3 is 6.09 Å². The number of carbonyl (C=O) groups is 1. The maximum absolute atomic E-state index is 12.3. The maximum Gasteiger partial charge on any atom is 0.410 e. The van der Waals surface area contributed by atoms with E-state index in [0.717, 1.165) is 5.56 Å². The van der Waals surface area contributed by atoms with Crippen LogP contribution in [0.2, 0.25) is 10.2 Å². The molecule has 25 heavy (non-hydrogen) atoms. The monoisotopic (exact) mass is 499 g/mol. The second kappa shape index (κ2) is 7.25. The van der Waals surface area contributed by atoms with Gasteiger partial charge in [0.25, 0.3) is 0 Å². The Bertz CT molecular complexity index is 696. The Morgan fingerprint density at radius 2 is 2.08 bits per heavy atom. The molecule has 1 atom stereocenters. The van der Waals surface area contributed by atoms with Crippen molar-refractivity contribution in [3.8, 4) is 5.75 Å². The molecule has 1 aromatic heterocycles. The van der Waals surface area contributed by atoms with Gasteiger partial charge in [0, 0.05) is 31.7 Å². The number of carbonyl (C=O) groups excluding carboxylic acids is 1. The first-order valence-corrected chi connectivity index (χ1v) is 9.87. The van der Waals surface area contributed by atoms with E-state index in [1.807, 2.05) is 43.4 Å². The average Bonchev–Trinajstić information content (AvgIpc) is 2.70. The van der Waals surface area contributed by atoms with Crippen LogP contribution in [-0.2, 0) is 11.3 Å². The van der Waals surface area contributed by atoms with E-state index in [9.17, 15) is 4.79 Å². The fraction of sp³-hybridized carbons (Fsp3) is 0.625. The van der Waals surface area contributed by atoms with Crippen molar-refractivity contribution >= 4 is 51.9 Å². The van der Waals surface area contributed by atoms with Crippen LogP contribution in [0.3, 0.4) is 0 Å². The highest BCUT2D eigenvalue weighted by Gasteiger charge is 2.36. The third kappa shape index (κ3) is 4.26. The lowest BCUT2D eigenvalue weighted by atomic mass is 10.1. The predicted octanol–water partition coefficient (Wildman–Crippen LogP) is 3.81. The van der Waals surface area contributed by atoms with Crippen molar-refractivity contribution in [2.24, 2.45) is 0 Å². The molecule has 9 heteroatoms. The fourth-order valence-electron chi connectivity index (χ4n) is 2.94. The summed E-state index contributed by atoms with van der Waals surface area (Å²) in [6.45, 7) is 8.49. The minimum absolute atomic E-state index is 0.0541. The lowest BCUT2D eigenvalue weighted by Crippen LogP contribution is -2.56. The largest absolute Gasteiger partial charge is 0.490 e. The van der Waals surface area contributed by atoms with Gasteiger partial charge in [-0.2, -0.15) is 0 Å². The summed E-state index contributed by atoms with van der Waals surface area (Å²) in [4.78, 5) is 20.6. The highest BCUT2D eigenvalue weighted by atomic mass is 127. The smallest absolute Gasteiger partial charge is 0.410 e. The van der Waals surface area contributed by atoms with Gasteiger partial charge in [-0.05, 0) is 43.4 Å². The van der Waals surface area contributed by atoms with E-state index in [2.05, 4.69) is 9.88 Å². The zero-order valence-corrected chi connectivity index (χ0v) is 18.0. The summed E-state index contributed by atoms with van der Waals surface area (Å²) in [7, 11) is 0. The first-order chi connectivity index (χ1) is 11.7. The normalized spacial score (nSPS) is 21.0. The molecule has 0 saturated carbocycles. The van der Waals surface area contributed by atoms with E-state index in [1.165, 1.54) is 0 Å². The molecule has 2 aliphatic heterocycles. The number of ether oxygens (including phenoxy) is 2. The summed E-state index contributed by atoms with van der Waals surface area (Å²) in [5, 5.41) is 0.905. The summed E-state index contributed by atoms with van der Waals surface area (Å²) in [5.41, 5.74) is 0.300. The molecular formula is C16H20Cl2IN3O3. The Balaban J connectivity index is 1.76. The zero-order chi connectivity index (χ0) is 18.4. The van der Waals surface area contributed by atoms with Gasteiger partial charge in [0.05, 0.1) is 6.04 Å². The molecule has 0 aromatic carbocycles. The van der Waals surface area contributed by atoms with Crippen molar-refractivity contribution < 1.29 is 14.3 Å². The summed E-state index contributed by atoms with van der Waals surface area (Å²) < 4.78 is 12.1. The minimum Gasteiger partial charge on any atom is -0.490 e. The molecule has 0 unspecified atom stereocenters. The molecule has 0 radical (unpaired) electrons. The van der Waals surface area contributed by atoms with Crippen LogP contribution in [0, 0.1) is 3.70 Å². The first kappa shape index (κ1) is 19.3. The number of fused-ring (bicyclic) bond motifs is 2. The molecule has 0 N–H and O–H groups in total. The van der Waals surface area contributed by atoms with Gasteiger partial charge in [-0.1, -0.05) is 23.2 Å². The van der Waals surface area contributed by atoms with E-state index in [4.69, 9.17) is 32.7 Å². The Labute approximate surface area is 170 Å². The minimum atomic E-state index is -0.506. The van der Waals surface area contributed by atoms with Gasteiger partial charge < -0.3 is 14.4 Å². The topological polar surface area (TPSA) is 54.9 Å². The van der Waals surface area contributed by atoms with Gasteiger partial charge in [0.15, 0.2) is 0 Å². The molecule has 1 fully saturated rings. The van der Waals surface area contributed by atoms with Gasteiger partial charge in [0.2, 0.25) is 0 Å². The van der Waals surface area contributed by atoms with Gasteiger partial charge in [-0.3, -0.25) is 4.90 Å². The number of aromatic nitrogens is 1. The van der Waals surface area contributed by atoms with E-state index in [0.29, 0.717) is 52.4 Å². The Kier molecular flexibility index (Phi) is 5.58. The number of pyridine rings is 1. The number of hydrogen-bond acceptors (Lipinski definition) is 5. The number of nitrogens with zero attached hydrogens (tertiary/aromatic N) is 3. The summed E-state index contributed by atoms with van der Waals surface area (Å²) in [6, 6.07) is 0.0541. The third-order valence-corrected chi connectivity index (χ3v) is 5.90. The Morgan fingerprint density at radius 3 is 2.76 bits per heavy atom. The number of amides is 1. The standard InChI is InChI=1S/C16H20Cl2IN3O3/c1-16(2,3)25-15(23)22-5-4-21-7-10-12(24-8-9(21)6-22)11(17)14(19)20-13(10)18/h9H,4-8H2,1-3H3/t9-/m1/s1. The van der Waals surface area contributed by atoms with Crippen LogP contribution in [0.5, 0.6) is 5.75 Å². The lowest BCUT2D eigenvalue weighted by Gasteiger charge is -2.40. The molecule has 3 heterocycles. The van der Waals surface area contributed by atoms with Gasteiger partial charge in [0.1, 0.15) is 31.8 Å². The van der Waals surface area contributed by atoms with Crippen LogP contribution in [0.15, 0.2) is 0 Å². The molecule has 0 aliphatic carbocycles. The molecule has 1 aromatic rings. The highest BCUT2D eigenvalue weighted by molar-refractivity contribution is 14.1. The van der Waals surface area contributed by atoms with E-state index < -0.39 is 5.60 Å². The second-order valence-corrected chi connectivity index (χ2v) is 8.93. The third-order valence-electron chi connectivity index (χ3n) is 4.14. The van der Waals surface area contributed by atoms with Crippen molar-refractivity contribution in [1.82, 2.24) is 14.8 Å². The Morgan fingerprint density at radius 1 is 1.36 bits per heavy atom. The first-order valence-electron chi connectivity index (χ1n) is 8.04. The van der Waals surface area contributed by atoms with Crippen LogP contribution in [0.1, 0.15) is 26.3 Å². The Hall–Kier alpha value is -0.510.